The van der Waals surface area contributed by atoms with Gasteiger partial charge in [0, 0.05) is 19.3 Å². The molecular weight excluding hydrogens is 562 g/mol. The summed E-state index contributed by atoms with van der Waals surface area (Å²) in [5.41, 5.74) is 0. The highest BCUT2D eigenvalue weighted by Gasteiger charge is 2.32. The number of rotatable bonds is 32. The Morgan fingerprint density at radius 3 is 1.35 bits per heavy atom. The van der Waals surface area contributed by atoms with E-state index in [1.54, 1.807) is 0 Å². The first-order chi connectivity index (χ1) is 22.7. The molecule has 1 rings (SSSR count). The van der Waals surface area contributed by atoms with Crippen molar-refractivity contribution in [2.45, 2.75) is 199 Å². The van der Waals surface area contributed by atoms with Crippen LogP contribution >= 0.6 is 0 Å². The van der Waals surface area contributed by atoms with Crippen LogP contribution in [0.15, 0.2) is 48.6 Å². The lowest BCUT2D eigenvalue weighted by Crippen LogP contribution is -2.44. The summed E-state index contributed by atoms with van der Waals surface area (Å²) in [5.74, 6) is 0. The van der Waals surface area contributed by atoms with Crippen LogP contribution in [0, 0.1) is 0 Å². The standard InChI is InChI=1S/C43H79NO2/c1-5-7-9-11-13-15-17-19-21-23-25-27-29-31-33-35-39-46-43-40-41(44(3)4)36-37-42(43)45-38-34-32-30-28-26-24-22-20-18-16-14-12-10-8-6-2/h12-15,18-21,41-43H,5-11,16-17,22-40H2,1-4H3/b14-12-,15-13-,20-18-,21-19-/t41-,42-,43+/m1/s1. The predicted octanol–water partition coefficient (Wildman–Crippen LogP) is 13.1. The smallest absolute Gasteiger partial charge is 0.0851 e. The van der Waals surface area contributed by atoms with Crippen LogP contribution in [-0.2, 0) is 9.47 Å². The number of hydrogen-bond donors (Lipinski definition) is 0. The van der Waals surface area contributed by atoms with E-state index in [-0.39, 0.29) is 12.2 Å². The number of ether oxygens (including phenoxy) is 2. The zero-order valence-corrected chi connectivity index (χ0v) is 31.4. The van der Waals surface area contributed by atoms with Gasteiger partial charge < -0.3 is 14.4 Å². The Balaban J connectivity index is 2.06. The van der Waals surface area contributed by atoms with Gasteiger partial charge in [-0.25, -0.2) is 0 Å². The quantitative estimate of drug-likeness (QED) is 0.0539. The minimum atomic E-state index is 0.263. The molecule has 0 heterocycles. The minimum Gasteiger partial charge on any atom is -0.376 e. The average molecular weight is 642 g/mol. The first-order valence-electron chi connectivity index (χ1n) is 20.2. The molecular formula is C43H79NO2. The van der Waals surface area contributed by atoms with Crippen molar-refractivity contribution in [3.05, 3.63) is 48.6 Å². The Hall–Kier alpha value is -1.16. The maximum Gasteiger partial charge on any atom is 0.0851 e. The molecule has 3 nitrogen and oxygen atoms in total. The molecule has 46 heavy (non-hydrogen) atoms. The lowest BCUT2D eigenvalue weighted by atomic mass is 9.89. The summed E-state index contributed by atoms with van der Waals surface area (Å²) in [6, 6.07) is 0.623. The molecule has 0 aromatic carbocycles. The van der Waals surface area contributed by atoms with Crippen LogP contribution in [0.25, 0.3) is 0 Å². The first-order valence-corrected chi connectivity index (χ1v) is 20.2. The van der Waals surface area contributed by atoms with Gasteiger partial charge in [0.05, 0.1) is 12.2 Å². The highest BCUT2D eigenvalue weighted by molar-refractivity contribution is 4.93. The van der Waals surface area contributed by atoms with Gasteiger partial charge in [0.2, 0.25) is 0 Å². The Labute approximate surface area is 288 Å². The van der Waals surface area contributed by atoms with Crippen LogP contribution < -0.4 is 0 Å². The summed E-state index contributed by atoms with van der Waals surface area (Å²) in [7, 11) is 4.43. The van der Waals surface area contributed by atoms with Gasteiger partial charge in [-0.05, 0) is 104 Å². The fraction of sp³-hybridized carbons (Fsp3) is 0.814. The van der Waals surface area contributed by atoms with Crippen molar-refractivity contribution in [3.63, 3.8) is 0 Å². The number of hydrogen-bond acceptors (Lipinski definition) is 3. The number of unbranched alkanes of at least 4 members (excludes halogenated alkanes) is 17. The molecule has 1 saturated carbocycles. The molecule has 1 fully saturated rings. The second-order valence-electron chi connectivity index (χ2n) is 14.1. The molecule has 0 amide bonds. The van der Waals surface area contributed by atoms with E-state index in [2.05, 4.69) is 81.5 Å². The normalized spacial score (nSPS) is 19.3. The van der Waals surface area contributed by atoms with Gasteiger partial charge in [-0.1, -0.05) is 140 Å². The fourth-order valence-corrected chi connectivity index (χ4v) is 6.38. The van der Waals surface area contributed by atoms with Crippen LogP contribution in [0.4, 0.5) is 0 Å². The van der Waals surface area contributed by atoms with Crippen LogP contribution in [0.5, 0.6) is 0 Å². The monoisotopic (exact) mass is 642 g/mol. The summed E-state index contributed by atoms with van der Waals surface area (Å²) < 4.78 is 13.0. The van der Waals surface area contributed by atoms with E-state index in [0.717, 1.165) is 38.9 Å². The van der Waals surface area contributed by atoms with E-state index in [4.69, 9.17) is 9.47 Å². The molecule has 0 radical (unpaired) electrons. The minimum absolute atomic E-state index is 0.263. The van der Waals surface area contributed by atoms with E-state index < -0.39 is 0 Å². The molecule has 0 N–H and O–H groups in total. The van der Waals surface area contributed by atoms with E-state index in [0.29, 0.717) is 6.04 Å². The maximum atomic E-state index is 6.50. The summed E-state index contributed by atoms with van der Waals surface area (Å²) >= 11 is 0. The molecule has 0 spiro atoms. The zero-order chi connectivity index (χ0) is 33.2. The lowest BCUT2D eigenvalue weighted by Gasteiger charge is -2.38. The van der Waals surface area contributed by atoms with E-state index in [1.165, 1.54) is 141 Å². The summed E-state index contributed by atoms with van der Waals surface area (Å²) in [4.78, 5) is 2.38. The molecule has 0 unspecified atom stereocenters. The second kappa shape index (κ2) is 33.7. The van der Waals surface area contributed by atoms with Crippen molar-refractivity contribution in [2.24, 2.45) is 0 Å². The van der Waals surface area contributed by atoms with E-state index in [1.807, 2.05) is 0 Å². The molecule has 268 valence electrons. The number of allylic oxidation sites excluding steroid dienone is 8. The van der Waals surface area contributed by atoms with E-state index >= 15 is 0 Å². The van der Waals surface area contributed by atoms with Gasteiger partial charge in [-0.15, -0.1) is 0 Å². The van der Waals surface area contributed by atoms with Crippen molar-refractivity contribution < 1.29 is 9.47 Å². The molecule has 0 aliphatic heterocycles. The van der Waals surface area contributed by atoms with Gasteiger partial charge in [0.15, 0.2) is 0 Å². The first kappa shape index (κ1) is 42.9. The van der Waals surface area contributed by atoms with Crippen molar-refractivity contribution in [3.8, 4) is 0 Å². The highest BCUT2D eigenvalue weighted by atomic mass is 16.5. The Bertz CT molecular complexity index is 739. The fourth-order valence-electron chi connectivity index (χ4n) is 6.38. The van der Waals surface area contributed by atoms with Gasteiger partial charge >= 0.3 is 0 Å². The van der Waals surface area contributed by atoms with Crippen LogP contribution in [-0.4, -0.2) is 50.5 Å². The maximum absolute atomic E-state index is 6.50. The molecule has 0 bridgehead atoms. The Morgan fingerprint density at radius 1 is 0.457 bits per heavy atom. The van der Waals surface area contributed by atoms with Gasteiger partial charge in [0.25, 0.3) is 0 Å². The van der Waals surface area contributed by atoms with Crippen LogP contribution in [0.2, 0.25) is 0 Å². The van der Waals surface area contributed by atoms with Crippen molar-refractivity contribution in [2.75, 3.05) is 27.3 Å². The van der Waals surface area contributed by atoms with Crippen LogP contribution in [0.3, 0.4) is 0 Å². The number of nitrogens with zero attached hydrogens (tertiary/aromatic N) is 1. The lowest BCUT2D eigenvalue weighted by molar-refractivity contribution is -0.105. The predicted molar refractivity (Wildman–Crippen MR) is 205 cm³/mol. The summed E-state index contributed by atoms with van der Waals surface area (Å²) in [6.45, 7) is 6.32. The third-order valence-corrected chi connectivity index (χ3v) is 9.54. The van der Waals surface area contributed by atoms with Crippen molar-refractivity contribution in [1.82, 2.24) is 4.90 Å². The zero-order valence-electron chi connectivity index (χ0n) is 31.4. The van der Waals surface area contributed by atoms with Gasteiger partial charge in [-0.3, -0.25) is 0 Å². The average Bonchev–Trinajstić information content (AvgIpc) is 3.06. The molecule has 0 aromatic heterocycles. The Kier molecular flexibility index (Phi) is 31.4. The third-order valence-electron chi connectivity index (χ3n) is 9.54. The summed E-state index contributed by atoms with van der Waals surface area (Å²) in [6.07, 6.45) is 52.3. The molecule has 1 aliphatic rings. The van der Waals surface area contributed by atoms with Crippen LogP contribution in [0.1, 0.15) is 181 Å². The topological polar surface area (TPSA) is 21.7 Å². The Morgan fingerprint density at radius 2 is 0.870 bits per heavy atom. The SMILES string of the molecule is CCCC/C=C\C/C=C\CCCCCCCCO[C@@H]1CC[C@@H](N(C)C)C[C@@H]1OCCCCCCCC/C=C\C/C=C\CCCCC. The molecule has 3 atom stereocenters. The molecule has 1 aliphatic carbocycles. The van der Waals surface area contributed by atoms with Gasteiger partial charge in [-0.2, -0.15) is 0 Å². The second-order valence-corrected chi connectivity index (χ2v) is 14.1. The molecule has 3 heteroatoms. The largest absolute Gasteiger partial charge is 0.376 e. The molecule has 0 aromatic rings. The van der Waals surface area contributed by atoms with Crippen molar-refractivity contribution in [1.29, 1.82) is 0 Å². The summed E-state index contributed by atoms with van der Waals surface area (Å²) in [5, 5.41) is 0. The van der Waals surface area contributed by atoms with Crippen molar-refractivity contribution >= 4 is 0 Å². The molecule has 0 saturated heterocycles. The third kappa shape index (κ3) is 26.9. The van der Waals surface area contributed by atoms with E-state index in [9.17, 15) is 0 Å². The highest BCUT2D eigenvalue weighted by Crippen LogP contribution is 2.27. The van der Waals surface area contributed by atoms with Gasteiger partial charge in [0.1, 0.15) is 0 Å².